The summed E-state index contributed by atoms with van der Waals surface area (Å²) in [4.78, 5) is 13.5. The molecule has 0 aliphatic carbocycles. The van der Waals surface area contributed by atoms with Crippen molar-refractivity contribution in [2.75, 3.05) is 19.7 Å². The molecule has 1 aliphatic heterocycles. The lowest BCUT2D eigenvalue weighted by Gasteiger charge is -2.19. The van der Waals surface area contributed by atoms with Gasteiger partial charge in [-0.2, -0.15) is 0 Å². The van der Waals surface area contributed by atoms with Crippen LogP contribution in [-0.4, -0.2) is 30.7 Å². The first-order chi connectivity index (χ1) is 8.81. The predicted octanol–water partition coefficient (Wildman–Crippen LogP) is 3.41. The summed E-state index contributed by atoms with van der Waals surface area (Å²) in [6.07, 6.45) is 3.08. The molecule has 1 aromatic rings. The van der Waals surface area contributed by atoms with E-state index in [4.69, 9.17) is 4.74 Å². The van der Waals surface area contributed by atoms with Crippen LogP contribution in [0.3, 0.4) is 0 Å². The molecule has 1 amide bonds. The summed E-state index contributed by atoms with van der Waals surface area (Å²) >= 11 is 0. The molecule has 1 heterocycles. The summed E-state index contributed by atoms with van der Waals surface area (Å²) in [6, 6.07) is 10.6. The highest BCUT2D eigenvalue weighted by Gasteiger charge is 2.21. The van der Waals surface area contributed by atoms with E-state index >= 15 is 0 Å². The van der Waals surface area contributed by atoms with Gasteiger partial charge in [0.1, 0.15) is 0 Å². The van der Waals surface area contributed by atoms with Crippen molar-refractivity contribution in [3.05, 3.63) is 35.9 Å². The maximum atomic E-state index is 11.7. The molecule has 1 saturated heterocycles. The molecule has 0 bridgehead atoms. The Kier molecular flexibility index (Phi) is 4.62. The smallest absolute Gasteiger partial charge is 0.409 e. The fourth-order valence-electron chi connectivity index (χ4n) is 2.55. The van der Waals surface area contributed by atoms with E-state index in [1.165, 1.54) is 5.56 Å². The van der Waals surface area contributed by atoms with Gasteiger partial charge in [0, 0.05) is 13.1 Å². The standard InChI is InChI=1S/C15H21NO2/c1-2-18-15(17)16-11-6-9-14(10-12-16)13-7-4-3-5-8-13/h3-5,7-8,14H,2,6,9-12H2,1H3. The van der Waals surface area contributed by atoms with Gasteiger partial charge in [0.2, 0.25) is 0 Å². The predicted molar refractivity (Wildman–Crippen MR) is 71.6 cm³/mol. The first-order valence-electron chi connectivity index (χ1n) is 6.78. The highest BCUT2D eigenvalue weighted by atomic mass is 16.6. The van der Waals surface area contributed by atoms with Crippen LogP contribution in [0, 0.1) is 0 Å². The van der Waals surface area contributed by atoms with E-state index in [1.54, 1.807) is 0 Å². The molecule has 0 aromatic heterocycles. The minimum Gasteiger partial charge on any atom is -0.450 e. The highest BCUT2D eigenvalue weighted by Crippen LogP contribution is 2.27. The number of rotatable bonds is 2. The van der Waals surface area contributed by atoms with Crippen molar-refractivity contribution in [2.45, 2.75) is 32.1 Å². The number of hydrogen-bond acceptors (Lipinski definition) is 2. The summed E-state index contributed by atoms with van der Waals surface area (Å²) < 4.78 is 5.06. The number of hydrogen-bond donors (Lipinski definition) is 0. The highest BCUT2D eigenvalue weighted by molar-refractivity contribution is 5.67. The Morgan fingerprint density at radius 3 is 2.78 bits per heavy atom. The molecule has 0 saturated carbocycles. The molecule has 0 radical (unpaired) electrons. The van der Waals surface area contributed by atoms with Crippen LogP contribution in [0.5, 0.6) is 0 Å². The molecule has 0 N–H and O–H groups in total. The third-order valence-electron chi connectivity index (χ3n) is 3.53. The molecule has 1 aliphatic rings. The topological polar surface area (TPSA) is 29.5 Å². The van der Waals surface area contributed by atoms with Crippen LogP contribution in [0.25, 0.3) is 0 Å². The fourth-order valence-corrected chi connectivity index (χ4v) is 2.55. The van der Waals surface area contributed by atoms with Crippen molar-refractivity contribution in [1.29, 1.82) is 0 Å². The Bertz CT molecular complexity index is 377. The molecule has 1 fully saturated rings. The number of nitrogens with zero attached hydrogens (tertiary/aromatic N) is 1. The molecular formula is C15H21NO2. The lowest BCUT2D eigenvalue weighted by molar-refractivity contribution is 0.108. The van der Waals surface area contributed by atoms with Gasteiger partial charge in [0.15, 0.2) is 0 Å². The first kappa shape index (κ1) is 12.9. The normalized spacial score (nSPS) is 20.3. The van der Waals surface area contributed by atoms with E-state index in [2.05, 4.69) is 24.3 Å². The second-order valence-corrected chi connectivity index (χ2v) is 4.72. The van der Waals surface area contributed by atoms with Crippen LogP contribution < -0.4 is 0 Å². The van der Waals surface area contributed by atoms with Gasteiger partial charge in [-0.05, 0) is 37.7 Å². The lowest BCUT2D eigenvalue weighted by atomic mass is 9.92. The lowest BCUT2D eigenvalue weighted by Crippen LogP contribution is -2.32. The van der Waals surface area contributed by atoms with Crippen LogP contribution in [0.2, 0.25) is 0 Å². The minimum atomic E-state index is -0.161. The number of benzene rings is 1. The number of amides is 1. The molecule has 3 nitrogen and oxygen atoms in total. The van der Waals surface area contributed by atoms with Crippen molar-refractivity contribution in [2.24, 2.45) is 0 Å². The molecular weight excluding hydrogens is 226 g/mol. The van der Waals surface area contributed by atoms with Crippen LogP contribution in [0.1, 0.15) is 37.7 Å². The van der Waals surface area contributed by atoms with Crippen LogP contribution in [0.4, 0.5) is 4.79 Å². The average Bonchev–Trinajstić information content (AvgIpc) is 2.66. The van der Waals surface area contributed by atoms with Gasteiger partial charge in [-0.1, -0.05) is 30.3 Å². The SMILES string of the molecule is CCOC(=O)N1CCCC(c2ccccc2)CC1. The van der Waals surface area contributed by atoms with Crippen molar-refractivity contribution in [3.8, 4) is 0 Å². The van der Waals surface area contributed by atoms with E-state index in [9.17, 15) is 4.79 Å². The minimum absolute atomic E-state index is 0.161. The van der Waals surface area contributed by atoms with Gasteiger partial charge in [-0.3, -0.25) is 0 Å². The fraction of sp³-hybridized carbons (Fsp3) is 0.533. The van der Waals surface area contributed by atoms with E-state index < -0.39 is 0 Å². The van der Waals surface area contributed by atoms with E-state index in [1.807, 2.05) is 17.9 Å². The molecule has 0 spiro atoms. The van der Waals surface area contributed by atoms with Gasteiger partial charge in [0.05, 0.1) is 6.61 Å². The van der Waals surface area contributed by atoms with Crippen molar-refractivity contribution in [3.63, 3.8) is 0 Å². The largest absolute Gasteiger partial charge is 0.450 e. The zero-order chi connectivity index (χ0) is 12.8. The summed E-state index contributed by atoms with van der Waals surface area (Å²) in [5, 5.41) is 0. The van der Waals surface area contributed by atoms with Crippen molar-refractivity contribution >= 4 is 6.09 Å². The van der Waals surface area contributed by atoms with Crippen LogP contribution in [-0.2, 0) is 4.74 Å². The van der Waals surface area contributed by atoms with Crippen LogP contribution in [0.15, 0.2) is 30.3 Å². The van der Waals surface area contributed by atoms with Crippen LogP contribution >= 0.6 is 0 Å². The molecule has 1 aromatic carbocycles. The van der Waals surface area contributed by atoms with E-state index in [0.29, 0.717) is 12.5 Å². The Morgan fingerprint density at radius 1 is 1.28 bits per heavy atom. The van der Waals surface area contributed by atoms with Crippen molar-refractivity contribution in [1.82, 2.24) is 4.90 Å². The Balaban J connectivity index is 1.94. The summed E-state index contributed by atoms with van der Waals surface area (Å²) in [5.41, 5.74) is 1.39. The van der Waals surface area contributed by atoms with Gasteiger partial charge >= 0.3 is 6.09 Å². The Hall–Kier alpha value is -1.51. The molecule has 98 valence electrons. The zero-order valence-electron chi connectivity index (χ0n) is 11.0. The number of likely N-dealkylation sites (tertiary alicyclic amines) is 1. The molecule has 1 atom stereocenters. The second-order valence-electron chi connectivity index (χ2n) is 4.72. The monoisotopic (exact) mass is 247 g/mol. The zero-order valence-corrected chi connectivity index (χ0v) is 11.0. The summed E-state index contributed by atoms with van der Waals surface area (Å²) in [5.74, 6) is 0.575. The van der Waals surface area contributed by atoms with Gasteiger partial charge < -0.3 is 9.64 Å². The molecule has 1 unspecified atom stereocenters. The van der Waals surface area contributed by atoms with Gasteiger partial charge in [0.25, 0.3) is 0 Å². The maximum Gasteiger partial charge on any atom is 0.409 e. The quantitative estimate of drug-likeness (QED) is 0.801. The first-order valence-corrected chi connectivity index (χ1v) is 6.78. The Labute approximate surface area is 109 Å². The second kappa shape index (κ2) is 6.43. The van der Waals surface area contributed by atoms with Gasteiger partial charge in [-0.25, -0.2) is 4.79 Å². The Morgan fingerprint density at radius 2 is 2.06 bits per heavy atom. The molecule has 18 heavy (non-hydrogen) atoms. The number of carbonyl (C=O) groups excluding carboxylic acids is 1. The van der Waals surface area contributed by atoms with Gasteiger partial charge in [-0.15, -0.1) is 0 Å². The third kappa shape index (κ3) is 3.25. The maximum absolute atomic E-state index is 11.7. The molecule has 2 rings (SSSR count). The molecule has 3 heteroatoms. The van der Waals surface area contributed by atoms with Crippen molar-refractivity contribution < 1.29 is 9.53 Å². The van der Waals surface area contributed by atoms with E-state index in [0.717, 1.165) is 32.4 Å². The number of ether oxygens (including phenoxy) is 1. The number of carbonyl (C=O) groups is 1. The third-order valence-corrected chi connectivity index (χ3v) is 3.53. The summed E-state index contributed by atoms with van der Waals surface area (Å²) in [7, 11) is 0. The summed E-state index contributed by atoms with van der Waals surface area (Å²) in [6.45, 7) is 3.93. The average molecular weight is 247 g/mol. The van der Waals surface area contributed by atoms with E-state index in [-0.39, 0.29) is 6.09 Å².